The summed E-state index contributed by atoms with van der Waals surface area (Å²) < 4.78 is 95.6. The van der Waals surface area contributed by atoms with E-state index in [-0.39, 0.29) is 12.3 Å². The average Bonchev–Trinajstić information content (AvgIpc) is 2.96. The van der Waals surface area contributed by atoms with Crippen LogP contribution in [0.3, 0.4) is 0 Å². The second-order valence-electron chi connectivity index (χ2n) is 5.28. The predicted molar refractivity (Wildman–Crippen MR) is 83.5 cm³/mol. The highest BCUT2D eigenvalue weighted by molar-refractivity contribution is 7.91. The number of fused-ring (bicyclic) bond motifs is 1. The number of alkyl halides is 3. The molecule has 0 amide bonds. The zero-order chi connectivity index (χ0) is 19.3. The summed E-state index contributed by atoms with van der Waals surface area (Å²) >= 11 is 0. The van der Waals surface area contributed by atoms with Crippen molar-refractivity contribution in [2.75, 3.05) is 5.32 Å². The van der Waals surface area contributed by atoms with E-state index in [0.717, 1.165) is 0 Å². The second kappa shape index (κ2) is 5.82. The third-order valence-corrected chi connectivity index (χ3v) is 5.71. The summed E-state index contributed by atoms with van der Waals surface area (Å²) in [4.78, 5) is -2.07. The summed E-state index contributed by atoms with van der Waals surface area (Å²) in [6, 6.07) is 3.80. The molecular formula is C13H10F3N3O5S2. The fourth-order valence-corrected chi connectivity index (χ4v) is 4.35. The summed E-state index contributed by atoms with van der Waals surface area (Å²) in [6.07, 6.45) is -3.86. The molecule has 1 aromatic carbocycles. The lowest BCUT2D eigenvalue weighted by atomic mass is 10.2. The molecule has 0 spiro atoms. The summed E-state index contributed by atoms with van der Waals surface area (Å²) in [5.74, 6) is 0.149. The molecule has 8 nitrogen and oxygen atoms in total. The molecule has 1 aliphatic rings. The van der Waals surface area contributed by atoms with Crippen molar-refractivity contribution in [1.82, 2.24) is 0 Å². The van der Waals surface area contributed by atoms with Crippen LogP contribution in [0, 0.1) is 0 Å². The largest absolute Gasteiger partial charge is 0.469 e. The number of primary sulfonamides is 1. The molecule has 26 heavy (non-hydrogen) atoms. The van der Waals surface area contributed by atoms with Crippen molar-refractivity contribution in [3.63, 3.8) is 0 Å². The second-order valence-corrected chi connectivity index (χ2v) is 8.38. The molecule has 0 bridgehead atoms. The van der Waals surface area contributed by atoms with Crippen molar-refractivity contribution in [3.8, 4) is 0 Å². The lowest BCUT2D eigenvalue weighted by Crippen LogP contribution is -2.26. The molecule has 13 heteroatoms. The van der Waals surface area contributed by atoms with E-state index in [9.17, 15) is 30.0 Å². The number of furan rings is 1. The zero-order valence-corrected chi connectivity index (χ0v) is 14.2. The molecule has 0 atom stereocenters. The number of halogens is 3. The summed E-state index contributed by atoms with van der Waals surface area (Å²) in [5.41, 5.74) is -2.04. The van der Waals surface area contributed by atoms with Gasteiger partial charge in [-0.1, -0.05) is 0 Å². The molecule has 1 aliphatic heterocycles. The third-order valence-electron chi connectivity index (χ3n) is 3.40. The Morgan fingerprint density at radius 2 is 1.96 bits per heavy atom. The first-order valence-electron chi connectivity index (χ1n) is 6.79. The molecule has 0 aliphatic carbocycles. The Hall–Kier alpha value is -2.38. The van der Waals surface area contributed by atoms with E-state index in [4.69, 9.17) is 9.56 Å². The van der Waals surface area contributed by atoms with E-state index in [1.54, 1.807) is 6.07 Å². The molecule has 0 unspecified atom stereocenters. The van der Waals surface area contributed by atoms with Gasteiger partial charge in [-0.3, -0.25) is 0 Å². The molecule has 0 saturated heterocycles. The Balaban J connectivity index is 2.17. The van der Waals surface area contributed by atoms with Crippen molar-refractivity contribution in [1.29, 1.82) is 0 Å². The molecule has 140 valence electrons. The zero-order valence-electron chi connectivity index (χ0n) is 12.6. The lowest BCUT2D eigenvalue weighted by molar-refractivity contribution is -0.139. The normalized spacial score (nSPS) is 16.5. The average molecular weight is 409 g/mol. The number of anilines is 1. The van der Waals surface area contributed by atoms with Crippen LogP contribution in [-0.4, -0.2) is 22.7 Å². The standard InChI is InChI=1S/C13H10F3N3O5S2/c14-13(15,16)8-5-9-11(6-10(8)25(17,20)21)26(22,23)19-12(18-9)4-7-2-1-3-24-7/h1-3,5-6H,4H2,(H,18,19)(H2,17,20,21). The molecule has 2 heterocycles. The molecule has 0 saturated carbocycles. The number of nitrogens with two attached hydrogens (primary N) is 1. The first-order chi connectivity index (χ1) is 11.9. The van der Waals surface area contributed by atoms with E-state index in [1.807, 2.05) is 0 Å². The molecule has 0 fully saturated rings. The number of benzene rings is 1. The molecule has 1 aromatic heterocycles. The Labute approximate surface area is 145 Å². The van der Waals surface area contributed by atoms with Crippen LogP contribution in [0.4, 0.5) is 18.9 Å². The van der Waals surface area contributed by atoms with E-state index < -0.39 is 47.3 Å². The van der Waals surface area contributed by atoms with Gasteiger partial charge < -0.3 is 9.73 Å². The van der Waals surface area contributed by atoms with Gasteiger partial charge in [0, 0.05) is 0 Å². The van der Waals surface area contributed by atoms with Gasteiger partial charge in [-0.05, 0) is 24.3 Å². The van der Waals surface area contributed by atoms with Gasteiger partial charge in [0.15, 0.2) is 0 Å². The highest BCUT2D eigenvalue weighted by atomic mass is 32.2. The molecule has 2 aromatic rings. The monoisotopic (exact) mass is 409 g/mol. The van der Waals surface area contributed by atoms with Gasteiger partial charge in [-0.25, -0.2) is 13.6 Å². The van der Waals surface area contributed by atoms with Gasteiger partial charge in [-0.2, -0.15) is 21.6 Å². The minimum Gasteiger partial charge on any atom is -0.469 e. The van der Waals surface area contributed by atoms with Gasteiger partial charge >= 0.3 is 6.18 Å². The molecule has 3 rings (SSSR count). The summed E-state index contributed by atoms with van der Waals surface area (Å²) in [7, 11) is -9.27. The molecule has 3 N–H and O–H groups in total. The number of hydrogen-bond donors (Lipinski definition) is 2. The maximum Gasteiger partial charge on any atom is 0.417 e. The predicted octanol–water partition coefficient (Wildman–Crippen LogP) is 1.70. The SMILES string of the molecule is NS(=O)(=O)c1cc2c(cc1C(F)(F)F)NC(Cc1ccco1)=NS2(=O)=O. The summed E-state index contributed by atoms with van der Waals surface area (Å²) in [6.45, 7) is 0. The van der Waals surface area contributed by atoms with Crippen molar-refractivity contribution in [3.05, 3.63) is 41.9 Å². The number of hydrogen-bond acceptors (Lipinski definition) is 6. The first kappa shape index (κ1) is 18.4. The van der Waals surface area contributed by atoms with Gasteiger partial charge in [-0.15, -0.1) is 4.40 Å². The van der Waals surface area contributed by atoms with E-state index in [2.05, 4.69) is 9.71 Å². The van der Waals surface area contributed by atoms with Crippen molar-refractivity contribution in [2.45, 2.75) is 22.4 Å². The maximum absolute atomic E-state index is 13.2. The Morgan fingerprint density at radius 1 is 1.27 bits per heavy atom. The number of nitrogens with one attached hydrogen (secondary N) is 1. The Bertz CT molecular complexity index is 1100. The van der Waals surface area contributed by atoms with Crippen molar-refractivity contribution in [2.24, 2.45) is 9.54 Å². The van der Waals surface area contributed by atoms with Crippen LogP contribution in [-0.2, 0) is 32.6 Å². The van der Waals surface area contributed by atoms with E-state index in [0.29, 0.717) is 17.9 Å². The van der Waals surface area contributed by atoms with Crippen LogP contribution in [0.15, 0.2) is 49.1 Å². The Kier molecular flexibility index (Phi) is 4.12. The van der Waals surface area contributed by atoms with E-state index in [1.165, 1.54) is 12.3 Å². The number of sulfonamides is 2. The number of amidine groups is 1. The van der Waals surface area contributed by atoms with Crippen LogP contribution in [0.5, 0.6) is 0 Å². The lowest BCUT2D eigenvalue weighted by Gasteiger charge is -2.21. The minimum atomic E-state index is -5.07. The fourth-order valence-electron chi connectivity index (χ4n) is 2.36. The molecule has 0 radical (unpaired) electrons. The quantitative estimate of drug-likeness (QED) is 0.793. The first-order valence-corrected chi connectivity index (χ1v) is 9.78. The van der Waals surface area contributed by atoms with Gasteiger partial charge in [0.1, 0.15) is 16.5 Å². The maximum atomic E-state index is 13.2. The van der Waals surface area contributed by atoms with Crippen molar-refractivity contribution < 1.29 is 34.4 Å². The van der Waals surface area contributed by atoms with Gasteiger partial charge in [0.2, 0.25) is 10.0 Å². The summed E-state index contributed by atoms with van der Waals surface area (Å²) in [5, 5.41) is 7.26. The number of rotatable bonds is 3. The highest BCUT2D eigenvalue weighted by Crippen LogP contribution is 2.40. The van der Waals surface area contributed by atoms with Crippen LogP contribution in [0.1, 0.15) is 11.3 Å². The van der Waals surface area contributed by atoms with Crippen molar-refractivity contribution >= 4 is 31.6 Å². The van der Waals surface area contributed by atoms with Crippen LogP contribution >= 0.6 is 0 Å². The van der Waals surface area contributed by atoms with Crippen LogP contribution in [0.25, 0.3) is 0 Å². The molecular weight excluding hydrogens is 399 g/mol. The fraction of sp³-hybridized carbons (Fsp3) is 0.154. The Morgan fingerprint density at radius 3 is 2.50 bits per heavy atom. The highest BCUT2D eigenvalue weighted by Gasteiger charge is 2.39. The van der Waals surface area contributed by atoms with Gasteiger partial charge in [0.05, 0.1) is 28.8 Å². The third kappa shape index (κ3) is 3.45. The number of nitrogens with zero attached hydrogens (tertiary/aromatic N) is 1. The topological polar surface area (TPSA) is 132 Å². The minimum absolute atomic E-state index is 0.121. The van der Waals surface area contributed by atoms with Crippen LogP contribution in [0.2, 0.25) is 0 Å². The van der Waals surface area contributed by atoms with E-state index >= 15 is 0 Å². The van der Waals surface area contributed by atoms with Crippen LogP contribution < -0.4 is 10.5 Å². The van der Waals surface area contributed by atoms with Gasteiger partial charge in [0.25, 0.3) is 10.0 Å². The smallest absolute Gasteiger partial charge is 0.417 e.